The number of nitrogens with zero attached hydrogens (tertiary/aromatic N) is 2. The van der Waals surface area contributed by atoms with Crippen LogP contribution >= 0.6 is 11.3 Å². The van der Waals surface area contributed by atoms with E-state index in [1.807, 2.05) is 0 Å². The van der Waals surface area contributed by atoms with Gasteiger partial charge in [0.2, 0.25) is 17.7 Å². The summed E-state index contributed by atoms with van der Waals surface area (Å²) in [5.41, 5.74) is 1.78. The number of benzene rings is 1. The normalized spacial score (nSPS) is 24.0. The monoisotopic (exact) mass is 343 g/mol. The second-order valence-corrected chi connectivity index (χ2v) is 7.04. The molecule has 2 aliphatic rings. The van der Waals surface area contributed by atoms with E-state index in [1.54, 1.807) is 23.7 Å². The minimum Gasteiger partial charge on any atom is -0.296 e. The zero-order valence-electron chi connectivity index (χ0n) is 12.6. The molecule has 3 heterocycles. The van der Waals surface area contributed by atoms with Crippen LogP contribution in [0.1, 0.15) is 29.6 Å². The second kappa shape index (κ2) is 5.20. The lowest BCUT2D eigenvalue weighted by Gasteiger charge is -2.30. The Morgan fingerprint density at radius 1 is 1.29 bits per heavy atom. The highest BCUT2D eigenvalue weighted by atomic mass is 32.1. The zero-order chi connectivity index (χ0) is 16.9. The first-order valence-electron chi connectivity index (χ1n) is 7.51. The van der Waals surface area contributed by atoms with E-state index >= 15 is 0 Å². The molecule has 122 valence electrons. The van der Waals surface area contributed by atoms with Gasteiger partial charge in [0.25, 0.3) is 5.91 Å². The van der Waals surface area contributed by atoms with Crippen LogP contribution in [0.4, 0.5) is 0 Å². The Balaban J connectivity index is 1.62. The maximum atomic E-state index is 12.7. The molecule has 7 nitrogen and oxygen atoms in total. The van der Waals surface area contributed by atoms with Crippen LogP contribution in [0.15, 0.2) is 23.7 Å². The Kier molecular flexibility index (Phi) is 3.24. The molecule has 1 spiro atoms. The van der Waals surface area contributed by atoms with Crippen molar-refractivity contribution >= 4 is 45.2 Å². The number of likely N-dealkylation sites (tertiary alicyclic amines) is 1. The third-order valence-electron chi connectivity index (χ3n) is 4.64. The largest absolute Gasteiger partial charge is 0.296 e. The maximum Gasteiger partial charge on any atom is 0.260 e. The highest BCUT2D eigenvalue weighted by Crippen LogP contribution is 2.39. The van der Waals surface area contributed by atoms with Gasteiger partial charge in [0.15, 0.2) is 0 Å². The minimum atomic E-state index is -0.981. The molecule has 1 unspecified atom stereocenters. The number of carbonyl (C=O) groups excluding carboxylic acids is 4. The topological polar surface area (TPSA) is 96.4 Å². The number of rotatable bonds is 1. The first-order chi connectivity index (χ1) is 11.5. The molecule has 24 heavy (non-hydrogen) atoms. The zero-order valence-corrected chi connectivity index (χ0v) is 13.4. The highest BCUT2D eigenvalue weighted by Gasteiger charge is 2.52. The van der Waals surface area contributed by atoms with Crippen LogP contribution in [0.5, 0.6) is 0 Å². The van der Waals surface area contributed by atoms with Crippen LogP contribution in [0.25, 0.3) is 10.2 Å². The van der Waals surface area contributed by atoms with Gasteiger partial charge in [-0.2, -0.15) is 0 Å². The predicted molar refractivity (Wildman–Crippen MR) is 85.1 cm³/mol. The van der Waals surface area contributed by atoms with E-state index in [9.17, 15) is 19.2 Å². The van der Waals surface area contributed by atoms with Gasteiger partial charge >= 0.3 is 0 Å². The van der Waals surface area contributed by atoms with Gasteiger partial charge in [0.1, 0.15) is 0 Å². The molecule has 0 aliphatic carbocycles. The highest BCUT2D eigenvalue weighted by molar-refractivity contribution is 7.16. The van der Waals surface area contributed by atoms with Crippen LogP contribution in [-0.4, -0.2) is 40.1 Å². The van der Waals surface area contributed by atoms with Crippen molar-refractivity contribution in [3.63, 3.8) is 0 Å². The van der Waals surface area contributed by atoms with Gasteiger partial charge in [-0.25, -0.2) is 4.98 Å². The third-order valence-corrected chi connectivity index (χ3v) is 5.45. The molecular formula is C16H13N3O4S. The molecule has 0 bridgehead atoms. The van der Waals surface area contributed by atoms with Crippen LogP contribution in [-0.2, 0) is 14.4 Å². The van der Waals surface area contributed by atoms with E-state index in [-0.39, 0.29) is 37.6 Å². The van der Waals surface area contributed by atoms with E-state index in [0.29, 0.717) is 11.1 Å². The summed E-state index contributed by atoms with van der Waals surface area (Å²) < 4.78 is 0.959. The fraction of sp³-hybridized carbons (Fsp3) is 0.312. The molecule has 0 radical (unpaired) electrons. The molecular weight excluding hydrogens is 330 g/mol. The molecule has 1 N–H and O–H groups in total. The van der Waals surface area contributed by atoms with Crippen LogP contribution in [0.2, 0.25) is 0 Å². The van der Waals surface area contributed by atoms with Crippen molar-refractivity contribution in [2.45, 2.75) is 19.3 Å². The van der Waals surface area contributed by atoms with E-state index in [1.165, 1.54) is 11.3 Å². The summed E-state index contributed by atoms with van der Waals surface area (Å²) in [6.07, 6.45) is 0.431. The fourth-order valence-corrected chi connectivity index (χ4v) is 3.93. The lowest BCUT2D eigenvalue weighted by Crippen LogP contribution is -2.50. The van der Waals surface area contributed by atoms with Gasteiger partial charge in [-0.1, -0.05) is 0 Å². The van der Waals surface area contributed by atoms with Crippen LogP contribution in [0, 0.1) is 5.41 Å². The quantitative estimate of drug-likeness (QED) is 0.782. The maximum absolute atomic E-state index is 12.7. The van der Waals surface area contributed by atoms with Crippen LogP contribution in [0.3, 0.4) is 0 Å². The summed E-state index contributed by atoms with van der Waals surface area (Å²) in [5, 5.41) is 2.28. The van der Waals surface area contributed by atoms with Crippen molar-refractivity contribution in [2.24, 2.45) is 5.41 Å². The average Bonchev–Trinajstić information content (AvgIpc) is 3.15. The Morgan fingerprint density at radius 2 is 2.12 bits per heavy atom. The summed E-state index contributed by atoms with van der Waals surface area (Å²) >= 11 is 1.47. The van der Waals surface area contributed by atoms with Crippen molar-refractivity contribution in [3.05, 3.63) is 29.3 Å². The van der Waals surface area contributed by atoms with Crippen molar-refractivity contribution < 1.29 is 19.2 Å². The summed E-state index contributed by atoms with van der Waals surface area (Å²) in [5.74, 6) is -1.62. The number of piperidine rings is 1. The third kappa shape index (κ3) is 2.22. The van der Waals surface area contributed by atoms with Crippen molar-refractivity contribution in [1.29, 1.82) is 0 Å². The lowest BCUT2D eigenvalue weighted by molar-refractivity contribution is -0.142. The number of aromatic nitrogens is 1. The summed E-state index contributed by atoms with van der Waals surface area (Å²) in [6.45, 7) is 0.0128. The van der Waals surface area contributed by atoms with Gasteiger partial charge in [-0.15, -0.1) is 11.3 Å². The van der Waals surface area contributed by atoms with Gasteiger partial charge in [0.05, 0.1) is 21.1 Å². The molecule has 4 amide bonds. The van der Waals surface area contributed by atoms with Crippen molar-refractivity contribution in [1.82, 2.24) is 15.2 Å². The number of carbonyl (C=O) groups is 4. The molecule has 2 aliphatic heterocycles. The summed E-state index contributed by atoms with van der Waals surface area (Å²) in [7, 11) is 0. The number of imide groups is 2. The molecule has 1 atom stereocenters. The number of amides is 4. The Morgan fingerprint density at radius 3 is 2.92 bits per heavy atom. The Labute approximate surface area is 140 Å². The van der Waals surface area contributed by atoms with Gasteiger partial charge in [0, 0.05) is 24.9 Å². The van der Waals surface area contributed by atoms with E-state index < -0.39 is 17.2 Å². The number of hydrogen-bond acceptors (Lipinski definition) is 6. The average molecular weight is 343 g/mol. The number of fused-ring (bicyclic) bond motifs is 1. The predicted octanol–water partition coefficient (Wildman–Crippen LogP) is 1.09. The molecule has 2 aromatic rings. The SMILES string of the molecule is O=C1CCC2(CC(=O)N(C(=O)c3ccc4scnc4c3)C2)C(=O)N1. The molecule has 1 aromatic carbocycles. The molecule has 1 aromatic heterocycles. The standard InChI is InChI=1S/C16H13N3O4S/c20-12-3-4-16(15(23)18-12)6-13(21)19(7-16)14(22)9-1-2-11-10(5-9)17-8-24-11/h1-2,5,8H,3-4,6-7H2,(H,18,20,23). The molecule has 2 fully saturated rings. The van der Waals surface area contributed by atoms with E-state index in [2.05, 4.69) is 10.3 Å². The summed E-state index contributed by atoms with van der Waals surface area (Å²) in [6, 6.07) is 5.10. The minimum absolute atomic E-state index is 0.0128. The molecule has 2 saturated heterocycles. The molecule has 0 saturated carbocycles. The van der Waals surface area contributed by atoms with Gasteiger partial charge < -0.3 is 0 Å². The first-order valence-corrected chi connectivity index (χ1v) is 8.39. The Hall–Kier alpha value is -2.61. The van der Waals surface area contributed by atoms with Crippen molar-refractivity contribution in [3.8, 4) is 0 Å². The molecule has 4 rings (SSSR count). The first kappa shape index (κ1) is 14.9. The van der Waals surface area contributed by atoms with E-state index in [4.69, 9.17) is 0 Å². The lowest BCUT2D eigenvalue weighted by atomic mass is 9.79. The smallest absolute Gasteiger partial charge is 0.260 e. The number of hydrogen-bond donors (Lipinski definition) is 1. The number of nitrogens with one attached hydrogen (secondary N) is 1. The van der Waals surface area contributed by atoms with Gasteiger partial charge in [-0.3, -0.25) is 29.4 Å². The summed E-state index contributed by atoms with van der Waals surface area (Å²) in [4.78, 5) is 53.8. The van der Waals surface area contributed by atoms with Gasteiger partial charge in [-0.05, 0) is 24.6 Å². The van der Waals surface area contributed by atoms with E-state index in [0.717, 1.165) is 9.60 Å². The Bertz CT molecular complexity index is 906. The van der Waals surface area contributed by atoms with Crippen molar-refractivity contribution in [2.75, 3.05) is 6.54 Å². The second-order valence-electron chi connectivity index (χ2n) is 6.15. The van der Waals surface area contributed by atoms with Crippen LogP contribution < -0.4 is 5.32 Å². The number of thiazole rings is 1. The fourth-order valence-electron chi connectivity index (χ4n) is 3.27. The molecule has 8 heteroatoms.